The zero-order valence-corrected chi connectivity index (χ0v) is 23.1. The highest BCUT2D eigenvalue weighted by Crippen LogP contribution is 2.10. The first-order valence-electron chi connectivity index (χ1n) is 12.7. The van der Waals surface area contributed by atoms with Crippen LogP contribution in [0.2, 0.25) is 0 Å². The number of hydrogen-bond donors (Lipinski definition) is 1. The third-order valence-corrected chi connectivity index (χ3v) is 5.78. The standard InChI is InChI=1S/C25H54N8/c1-28(2)13-9-17-32(18-10-14-29(3)4)22-24-21-25(27-26-24)23-33(19-11-15-30(5)6)20-12-16-31(7)8/h21H,9-20,22-23H2,1-8H3,(H,26,27). The van der Waals surface area contributed by atoms with Crippen molar-refractivity contribution >= 4 is 0 Å². The number of nitrogens with one attached hydrogen (secondary N) is 1. The molecule has 0 saturated heterocycles. The van der Waals surface area contributed by atoms with Gasteiger partial charge in [-0.1, -0.05) is 0 Å². The molecular weight excluding hydrogens is 412 g/mol. The van der Waals surface area contributed by atoms with E-state index in [4.69, 9.17) is 0 Å². The van der Waals surface area contributed by atoms with Crippen molar-refractivity contribution in [2.75, 3.05) is 109 Å². The topological polar surface area (TPSA) is 48.1 Å². The summed E-state index contributed by atoms with van der Waals surface area (Å²) in [5, 5.41) is 8.01. The summed E-state index contributed by atoms with van der Waals surface area (Å²) in [5.74, 6) is 0. The zero-order valence-electron chi connectivity index (χ0n) is 23.1. The van der Waals surface area contributed by atoms with Gasteiger partial charge < -0.3 is 19.6 Å². The van der Waals surface area contributed by atoms with Crippen LogP contribution in [0.3, 0.4) is 0 Å². The SMILES string of the molecule is CN(C)CCCN(CCCN(C)C)Cc1cc(CN(CCCN(C)C)CCCN(C)C)[nH]n1. The van der Waals surface area contributed by atoms with E-state index in [-0.39, 0.29) is 0 Å². The monoisotopic (exact) mass is 466 g/mol. The van der Waals surface area contributed by atoms with E-state index in [1.54, 1.807) is 0 Å². The molecule has 1 aromatic rings. The Balaban J connectivity index is 2.65. The molecular formula is C25H54N8. The Morgan fingerprint density at radius 2 is 0.909 bits per heavy atom. The maximum atomic E-state index is 4.68. The summed E-state index contributed by atoms with van der Waals surface area (Å²) in [4.78, 5) is 14.2. The van der Waals surface area contributed by atoms with E-state index in [2.05, 4.69) is 102 Å². The van der Waals surface area contributed by atoms with Gasteiger partial charge in [0.25, 0.3) is 0 Å². The normalized spacial score (nSPS) is 12.5. The lowest BCUT2D eigenvalue weighted by Gasteiger charge is -2.23. The highest BCUT2D eigenvalue weighted by molar-refractivity contribution is 5.08. The molecule has 1 aromatic heterocycles. The van der Waals surface area contributed by atoms with Crippen LogP contribution >= 0.6 is 0 Å². The average molecular weight is 467 g/mol. The molecule has 1 rings (SSSR count). The Bertz CT molecular complexity index is 508. The fourth-order valence-electron chi connectivity index (χ4n) is 4.02. The van der Waals surface area contributed by atoms with E-state index in [9.17, 15) is 0 Å². The quantitative estimate of drug-likeness (QED) is 0.315. The van der Waals surface area contributed by atoms with Gasteiger partial charge in [0.2, 0.25) is 0 Å². The van der Waals surface area contributed by atoms with Crippen molar-refractivity contribution in [1.82, 2.24) is 39.6 Å². The van der Waals surface area contributed by atoms with E-state index in [1.165, 1.54) is 37.1 Å². The highest BCUT2D eigenvalue weighted by atomic mass is 15.2. The summed E-state index contributed by atoms with van der Waals surface area (Å²) >= 11 is 0. The molecule has 33 heavy (non-hydrogen) atoms. The number of nitrogens with zero attached hydrogens (tertiary/aromatic N) is 7. The Morgan fingerprint density at radius 1 is 0.545 bits per heavy atom. The van der Waals surface area contributed by atoms with Crippen molar-refractivity contribution in [3.8, 4) is 0 Å². The number of H-pyrrole nitrogens is 1. The van der Waals surface area contributed by atoms with Gasteiger partial charge in [-0.2, -0.15) is 5.10 Å². The van der Waals surface area contributed by atoms with Crippen LogP contribution in [0, 0.1) is 0 Å². The Hall–Kier alpha value is -1.03. The molecule has 0 aromatic carbocycles. The lowest BCUT2D eigenvalue weighted by Crippen LogP contribution is -2.30. The predicted octanol–water partition coefficient (Wildman–Crippen LogP) is 1.82. The largest absolute Gasteiger partial charge is 0.309 e. The molecule has 0 unspecified atom stereocenters. The van der Waals surface area contributed by atoms with Crippen molar-refractivity contribution in [2.45, 2.75) is 38.8 Å². The van der Waals surface area contributed by atoms with E-state index >= 15 is 0 Å². The van der Waals surface area contributed by atoms with Crippen LogP contribution in [0.5, 0.6) is 0 Å². The summed E-state index contributed by atoms with van der Waals surface area (Å²) in [6.45, 7) is 10.9. The molecule has 0 saturated carbocycles. The minimum atomic E-state index is 0.929. The first-order valence-corrected chi connectivity index (χ1v) is 12.7. The summed E-state index contributed by atoms with van der Waals surface area (Å²) in [6.07, 6.45) is 4.78. The van der Waals surface area contributed by atoms with Gasteiger partial charge in [-0.25, -0.2) is 0 Å². The van der Waals surface area contributed by atoms with Crippen LogP contribution in [0.15, 0.2) is 6.07 Å². The summed E-state index contributed by atoms with van der Waals surface area (Å²) in [6, 6.07) is 2.29. The zero-order chi connectivity index (χ0) is 24.6. The third-order valence-electron chi connectivity index (χ3n) is 5.78. The molecule has 0 bridgehead atoms. The van der Waals surface area contributed by atoms with E-state index in [0.717, 1.165) is 65.4 Å². The van der Waals surface area contributed by atoms with Gasteiger partial charge in [0, 0.05) is 18.8 Å². The fourth-order valence-corrected chi connectivity index (χ4v) is 4.02. The van der Waals surface area contributed by atoms with Gasteiger partial charge >= 0.3 is 0 Å². The minimum Gasteiger partial charge on any atom is -0.309 e. The second-order valence-corrected chi connectivity index (χ2v) is 10.6. The maximum Gasteiger partial charge on any atom is 0.0765 e. The fraction of sp³-hybridized carbons (Fsp3) is 0.880. The lowest BCUT2D eigenvalue weighted by atomic mass is 10.2. The molecule has 0 atom stereocenters. The van der Waals surface area contributed by atoms with Gasteiger partial charge in [0.1, 0.15) is 0 Å². The first kappa shape index (κ1) is 30.0. The summed E-state index contributed by atoms with van der Waals surface area (Å²) in [5.41, 5.74) is 2.41. The van der Waals surface area contributed by atoms with Crippen molar-refractivity contribution in [2.24, 2.45) is 0 Å². The van der Waals surface area contributed by atoms with Crippen molar-refractivity contribution in [3.63, 3.8) is 0 Å². The molecule has 0 aliphatic heterocycles. The molecule has 0 spiro atoms. The van der Waals surface area contributed by atoms with E-state index in [1.807, 2.05) is 0 Å². The lowest BCUT2D eigenvalue weighted by molar-refractivity contribution is 0.231. The molecule has 8 nitrogen and oxygen atoms in total. The molecule has 1 N–H and O–H groups in total. The second kappa shape index (κ2) is 17.4. The van der Waals surface area contributed by atoms with Crippen molar-refractivity contribution < 1.29 is 0 Å². The van der Waals surface area contributed by atoms with Crippen LogP contribution in [-0.2, 0) is 13.1 Å². The Labute approximate surface area is 204 Å². The number of aromatic nitrogens is 2. The average Bonchev–Trinajstić information content (AvgIpc) is 3.13. The molecule has 0 aliphatic rings. The molecule has 8 heteroatoms. The van der Waals surface area contributed by atoms with Crippen LogP contribution in [0.1, 0.15) is 37.1 Å². The Kier molecular flexibility index (Phi) is 15.8. The molecule has 0 fully saturated rings. The molecule has 1 heterocycles. The van der Waals surface area contributed by atoms with Gasteiger partial charge in [0.15, 0.2) is 0 Å². The van der Waals surface area contributed by atoms with Crippen LogP contribution in [0.4, 0.5) is 0 Å². The molecule has 0 amide bonds. The Morgan fingerprint density at radius 3 is 1.27 bits per heavy atom. The van der Waals surface area contributed by atoms with Gasteiger partial charge in [-0.3, -0.25) is 14.9 Å². The molecule has 0 radical (unpaired) electrons. The second-order valence-electron chi connectivity index (χ2n) is 10.6. The molecule has 194 valence electrons. The van der Waals surface area contributed by atoms with Crippen LogP contribution in [-0.4, -0.2) is 148 Å². The number of aromatic amines is 1. The predicted molar refractivity (Wildman–Crippen MR) is 142 cm³/mol. The highest BCUT2D eigenvalue weighted by Gasteiger charge is 2.12. The van der Waals surface area contributed by atoms with Crippen LogP contribution in [0.25, 0.3) is 0 Å². The van der Waals surface area contributed by atoms with Gasteiger partial charge in [0.05, 0.1) is 5.69 Å². The minimum absolute atomic E-state index is 0.929. The third kappa shape index (κ3) is 16.3. The molecule has 0 aliphatic carbocycles. The smallest absolute Gasteiger partial charge is 0.0765 e. The van der Waals surface area contributed by atoms with Gasteiger partial charge in [-0.15, -0.1) is 0 Å². The van der Waals surface area contributed by atoms with Crippen LogP contribution < -0.4 is 0 Å². The first-order chi connectivity index (χ1) is 15.7. The maximum absolute atomic E-state index is 4.68. The number of hydrogen-bond acceptors (Lipinski definition) is 7. The summed E-state index contributed by atoms with van der Waals surface area (Å²) in [7, 11) is 17.2. The number of rotatable bonds is 20. The van der Waals surface area contributed by atoms with E-state index < -0.39 is 0 Å². The van der Waals surface area contributed by atoms with Gasteiger partial charge in [-0.05, 0) is 140 Å². The van der Waals surface area contributed by atoms with Crippen molar-refractivity contribution in [1.29, 1.82) is 0 Å². The van der Waals surface area contributed by atoms with Crippen molar-refractivity contribution in [3.05, 3.63) is 17.5 Å². The van der Waals surface area contributed by atoms with E-state index in [0.29, 0.717) is 0 Å². The summed E-state index contributed by atoms with van der Waals surface area (Å²) < 4.78 is 0.